The Morgan fingerprint density at radius 3 is 2.26 bits per heavy atom. The summed E-state index contributed by atoms with van der Waals surface area (Å²) in [5.74, 6) is 0. The van der Waals surface area contributed by atoms with Crippen LogP contribution in [0.5, 0.6) is 0 Å². The van der Waals surface area contributed by atoms with E-state index in [1.54, 1.807) is 11.3 Å². The van der Waals surface area contributed by atoms with Crippen molar-refractivity contribution in [3.8, 4) is 11.3 Å². The number of aromatic nitrogens is 1. The van der Waals surface area contributed by atoms with Gasteiger partial charge in [0.05, 0.1) is 11.4 Å². The number of unbranched alkanes of at least 4 members (excludes halogenated alkanes) is 1. The third kappa shape index (κ3) is 4.43. The number of benzene rings is 2. The van der Waals surface area contributed by atoms with Gasteiger partial charge < -0.3 is 4.57 Å². The van der Waals surface area contributed by atoms with Gasteiger partial charge in [-0.3, -0.25) is 0 Å². The minimum absolute atomic E-state index is 0. The second kappa shape index (κ2) is 8.85. The van der Waals surface area contributed by atoms with Gasteiger partial charge in [0.25, 0.3) is 0 Å². The van der Waals surface area contributed by atoms with Gasteiger partial charge in [0.1, 0.15) is 0 Å². The van der Waals surface area contributed by atoms with Crippen LogP contribution in [0, 0.1) is 0 Å². The third-order valence-corrected chi connectivity index (χ3v) is 4.45. The van der Waals surface area contributed by atoms with E-state index < -0.39 is 0 Å². The Morgan fingerprint density at radius 1 is 0.957 bits per heavy atom. The van der Waals surface area contributed by atoms with Gasteiger partial charge in [-0.2, -0.15) is 0 Å². The van der Waals surface area contributed by atoms with Crippen LogP contribution in [0.4, 0.5) is 5.69 Å². The molecule has 0 saturated heterocycles. The molecule has 4 heteroatoms. The number of halogens is 1. The first kappa shape index (κ1) is 17.7. The molecule has 0 spiro atoms. The van der Waals surface area contributed by atoms with Gasteiger partial charge in [-0.25, -0.2) is 4.99 Å². The van der Waals surface area contributed by atoms with E-state index in [-0.39, 0.29) is 17.0 Å². The van der Waals surface area contributed by atoms with E-state index in [0.29, 0.717) is 0 Å². The van der Waals surface area contributed by atoms with Crippen LogP contribution in [0.2, 0.25) is 0 Å². The summed E-state index contributed by atoms with van der Waals surface area (Å²) in [6.45, 7) is 3.24. The quantitative estimate of drug-likeness (QED) is 0.523. The van der Waals surface area contributed by atoms with Crippen molar-refractivity contribution in [2.24, 2.45) is 4.99 Å². The molecule has 0 aliphatic heterocycles. The zero-order valence-corrected chi connectivity index (χ0v) is 15.7. The third-order valence-electron chi connectivity index (χ3n) is 3.58. The van der Waals surface area contributed by atoms with Crippen molar-refractivity contribution >= 4 is 34.0 Å². The van der Waals surface area contributed by atoms with Crippen molar-refractivity contribution in [2.75, 3.05) is 0 Å². The van der Waals surface area contributed by atoms with Gasteiger partial charge in [-0.15, -0.1) is 28.3 Å². The fourth-order valence-corrected chi connectivity index (χ4v) is 3.36. The standard InChI is InChI=1S/C19H20N2S.BrH/c1-2-3-14-21-18(16-10-6-4-7-11-16)15-22-19(21)20-17-12-8-5-9-13-17;/h4-13,15H,2-3,14H2,1H3;1H. The summed E-state index contributed by atoms with van der Waals surface area (Å²) in [6.07, 6.45) is 2.35. The van der Waals surface area contributed by atoms with E-state index in [1.807, 2.05) is 30.3 Å². The molecule has 2 aromatic carbocycles. The average molecular weight is 389 g/mol. The summed E-state index contributed by atoms with van der Waals surface area (Å²) in [5, 5.41) is 2.22. The van der Waals surface area contributed by atoms with E-state index in [2.05, 4.69) is 47.2 Å². The lowest BCUT2D eigenvalue weighted by Gasteiger charge is -2.08. The molecule has 2 nitrogen and oxygen atoms in total. The van der Waals surface area contributed by atoms with Crippen molar-refractivity contribution < 1.29 is 0 Å². The zero-order chi connectivity index (χ0) is 15.2. The van der Waals surface area contributed by atoms with Crippen molar-refractivity contribution in [3.05, 3.63) is 70.8 Å². The van der Waals surface area contributed by atoms with E-state index in [9.17, 15) is 0 Å². The molecular formula is C19H21BrN2S. The molecule has 0 unspecified atom stereocenters. The first-order chi connectivity index (χ1) is 10.9. The maximum absolute atomic E-state index is 4.82. The molecule has 0 bridgehead atoms. The average Bonchev–Trinajstić information content (AvgIpc) is 2.97. The minimum atomic E-state index is 0. The molecule has 0 fully saturated rings. The molecule has 0 N–H and O–H groups in total. The monoisotopic (exact) mass is 388 g/mol. The first-order valence-corrected chi connectivity index (χ1v) is 8.60. The van der Waals surface area contributed by atoms with Gasteiger partial charge in [0.15, 0.2) is 4.80 Å². The Kier molecular flexibility index (Phi) is 6.81. The van der Waals surface area contributed by atoms with Crippen molar-refractivity contribution in [1.82, 2.24) is 4.57 Å². The first-order valence-electron chi connectivity index (χ1n) is 7.72. The topological polar surface area (TPSA) is 17.3 Å². The van der Waals surface area contributed by atoms with Crippen LogP contribution in [0.3, 0.4) is 0 Å². The molecule has 3 rings (SSSR count). The van der Waals surface area contributed by atoms with Crippen molar-refractivity contribution in [1.29, 1.82) is 0 Å². The van der Waals surface area contributed by atoms with Gasteiger partial charge in [-0.1, -0.05) is 61.9 Å². The molecule has 120 valence electrons. The molecular weight excluding hydrogens is 368 g/mol. The van der Waals surface area contributed by atoms with E-state index in [1.165, 1.54) is 24.1 Å². The van der Waals surface area contributed by atoms with Gasteiger partial charge >= 0.3 is 0 Å². The number of nitrogens with zero attached hydrogens (tertiary/aromatic N) is 2. The van der Waals surface area contributed by atoms with Crippen LogP contribution in [-0.2, 0) is 6.54 Å². The van der Waals surface area contributed by atoms with E-state index >= 15 is 0 Å². The minimum Gasteiger partial charge on any atom is -0.316 e. The number of thiazole rings is 1. The van der Waals surface area contributed by atoms with Crippen molar-refractivity contribution in [3.63, 3.8) is 0 Å². The highest BCUT2D eigenvalue weighted by molar-refractivity contribution is 8.93. The summed E-state index contributed by atoms with van der Waals surface area (Å²) in [4.78, 5) is 5.89. The summed E-state index contributed by atoms with van der Waals surface area (Å²) in [5.41, 5.74) is 3.52. The molecule has 3 aromatic rings. The summed E-state index contributed by atoms with van der Waals surface area (Å²) >= 11 is 1.71. The number of rotatable bonds is 5. The van der Waals surface area contributed by atoms with Crippen LogP contribution in [-0.4, -0.2) is 4.57 Å². The van der Waals surface area contributed by atoms with Gasteiger partial charge in [-0.05, 0) is 24.1 Å². The predicted molar refractivity (Wildman–Crippen MR) is 105 cm³/mol. The predicted octanol–water partition coefficient (Wildman–Crippen LogP) is 5.83. The Balaban J connectivity index is 0.00000192. The highest BCUT2D eigenvalue weighted by Gasteiger charge is 2.07. The largest absolute Gasteiger partial charge is 0.316 e. The summed E-state index contributed by atoms with van der Waals surface area (Å²) < 4.78 is 2.34. The second-order valence-corrected chi connectivity index (χ2v) is 6.06. The molecule has 0 saturated carbocycles. The van der Waals surface area contributed by atoms with E-state index in [0.717, 1.165) is 17.0 Å². The van der Waals surface area contributed by atoms with Crippen LogP contribution in [0.15, 0.2) is 71.0 Å². The molecule has 0 amide bonds. The summed E-state index contributed by atoms with van der Waals surface area (Å²) in [6, 6.07) is 20.7. The number of para-hydroxylation sites is 1. The number of hydrogen-bond donors (Lipinski definition) is 0. The Labute approximate surface area is 151 Å². The molecule has 0 aliphatic carbocycles. The number of hydrogen-bond acceptors (Lipinski definition) is 2. The maximum Gasteiger partial charge on any atom is 0.190 e. The molecule has 0 atom stereocenters. The highest BCUT2D eigenvalue weighted by atomic mass is 79.9. The Hall–Kier alpha value is -1.65. The fourth-order valence-electron chi connectivity index (χ4n) is 2.40. The molecule has 1 heterocycles. The fraction of sp³-hybridized carbons (Fsp3) is 0.211. The maximum atomic E-state index is 4.82. The smallest absolute Gasteiger partial charge is 0.190 e. The van der Waals surface area contributed by atoms with Crippen molar-refractivity contribution in [2.45, 2.75) is 26.3 Å². The highest BCUT2D eigenvalue weighted by Crippen LogP contribution is 2.21. The summed E-state index contributed by atoms with van der Waals surface area (Å²) in [7, 11) is 0. The van der Waals surface area contributed by atoms with Gasteiger partial charge in [0, 0.05) is 11.9 Å². The van der Waals surface area contributed by atoms with E-state index in [4.69, 9.17) is 4.99 Å². The molecule has 0 radical (unpaired) electrons. The lowest BCUT2D eigenvalue weighted by Crippen LogP contribution is -2.15. The Morgan fingerprint density at radius 2 is 1.61 bits per heavy atom. The molecule has 0 aliphatic rings. The van der Waals surface area contributed by atoms with Crippen LogP contribution < -0.4 is 4.80 Å². The van der Waals surface area contributed by atoms with Crippen LogP contribution >= 0.6 is 28.3 Å². The Bertz CT molecular complexity index is 776. The normalized spacial score (nSPS) is 11.3. The lowest BCUT2D eigenvalue weighted by atomic mass is 10.2. The van der Waals surface area contributed by atoms with Crippen LogP contribution in [0.1, 0.15) is 19.8 Å². The van der Waals surface area contributed by atoms with Crippen LogP contribution in [0.25, 0.3) is 11.3 Å². The zero-order valence-electron chi connectivity index (χ0n) is 13.2. The second-order valence-electron chi connectivity index (χ2n) is 5.22. The lowest BCUT2D eigenvalue weighted by molar-refractivity contribution is 0.624. The molecule has 23 heavy (non-hydrogen) atoms. The SMILES string of the molecule is Br.CCCCn1c(-c2ccccc2)csc1=Nc1ccccc1. The van der Waals surface area contributed by atoms with Gasteiger partial charge in [0.2, 0.25) is 0 Å². The molecule has 1 aromatic heterocycles.